The molecular formula is C12H17N5O3. The van der Waals surface area contributed by atoms with Gasteiger partial charge in [-0.25, -0.2) is 4.79 Å². The molecule has 0 bridgehead atoms. The number of hydrogen-bond acceptors (Lipinski definition) is 4. The van der Waals surface area contributed by atoms with E-state index in [1.807, 2.05) is 19.9 Å². The van der Waals surface area contributed by atoms with Gasteiger partial charge in [0, 0.05) is 18.2 Å². The summed E-state index contributed by atoms with van der Waals surface area (Å²) in [5, 5.41) is 12.0. The quantitative estimate of drug-likeness (QED) is 0.620. The average molecular weight is 279 g/mol. The Bertz CT molecular complexity index is 523. The second-order valence-electron chi connectivity index (χ2n) is 4.85. The van der Waals surface area contributed by atoms with Crippen molar-refractivity contribution >= 4 is 17.8 Å². The Balaban J connectivity index is 1.82. The van der Waals surface area contributed by atoms with Crippen LogP contribution in [0.1, 0.15) is 18.3 Å². The van der Waals surface area contributed by atoms with Gasteiger partial charge in [0.25, 0.3) is 5.91 Å². The summed E-state index contributed by atoms with van der Waals surface area (Å²) in [4.78, 5) is 35.3. The molecule has 3 N–H and O–H groups in total. The summed E-state index contributed by atoms with van der Waals surface area (Å²) in [6, 6.07) is 1.24. The van der Waals surface area contributed by atoms with Crippen molar-refractivity contribution in [2.75, 3.05) is 13.1 Å². The first-order valence-corrected chi connectivity index (χ1v) is 6.34. The molecule has 1 aromatic heterocycles. The van der Waals surface area contributed by atoms with Crippen LogP contribution in [0.15, 0.2) is 6.07 Å². The molecule has 1 aromatic rings. The first-order valence-electron chi connectivity index (χ1n) is 6.34. The molecule has 0 aromatic carbocycles. The van der Waals surface area contributed by atoms with Crippen LogP contribution in [0.25, 0.3) is 0 Å². The van der Waals surface area contributed by atoms with Crippen molar-refractivity contribution in [2.45, 2.75) is 26.3 Å². The lowest BCUT2D eigenvalue weighted by Crippen LogP contribution is -2.44. The number of nitrogens with zero attached hydrogens (tertiary/aromatic N) is 2. The molecule has 1 aliphatic heterocycles. The van der Waals surface area contributed by atoms with E-state index in [0.29, 0.717) is 6.42 Å². The molecule has 1 atom stereocenters. The summed E-state index contributed by atoms with van der Waals surface area (Å²) in [5.41, 5.74) is 1.81. The first kappa shape index (κ1) is 14.0. The highest BCUT2D eigenvalue weighted by Gasteiger charge is 2.30. The molecule has 1 aliphatic rings. The van der Waals surface area contributed by atoms with Gasteiger partial charge in [0.2, 0.25) is 5.91 Å². The third-order valence-corrected chi connectivity index (χ3v) is 2.92. The fourth-order valence-electron chi connectivity index (χ4n) is 2.02. The number of H-pyrrole nitrogens is 1. The summed E-state index contributed by atoms with van der Waals surface area (Å²) in [5.74, 6) is -0.754. The second kappa shape index (κ2) is 5.72. The number of nitrogens with one attached hydrogen (secondary N) is 3. The largest absolute Gasteiger partial charge is 0.352 e. The highest BCUT2D eigenvalue weighted by atomic mass is 16.2. The fraction of sp³-hybridized carbons (Fsp3) is 0.500. The zero-order chi connectivity index (χ0) is 14.7. The van der Waals surface area contributed by atoms with E-state index in [2.05, 4.69) is 20.8 Å². The minimum absolute atomic E-state index is 0.0474. The normalized spacial score (nSPS) is 16.2. The number of urea groups is 1. The van der Waals surface area contributed by atoms with Crippen LogP contribution >= 0.6 is 0 Å². The van der Waals surface area contributed by atoms with E-state index in [9.17, 15) is 14.4 Å². The van der Waals surface area contributed by atoms with Crippen molar-refractivity contribution < 1.29 is 14.4 Å². The van der Waals surface area contributed by atoms with Gasteiger partial charge in [-0.3, -0.25) is 19.6 Å². The highest BCUT2D eigenvalue weighted by Crippen LogP contribution is 2.02. The van der Waals surface area contributed by atoms with E-state index in [-0.39, 0.29) is 30.9 Å². The van der Waals surface area contributed by atoms with Gasteiger partial charge in [-0.1, -0.05) is 0 Å². The van der Waals surface area contributed by atoms with E-state index < -0.39 is 6.03 Å². The van der Waals surface area contributed by atoms with Gasteiger partial charge in [0.1, 0.15) is 6.54 Å². The number of aromatic nitrogens is 2. The van der Waals surface area contributed by atoms with E-state index in [1.54, 1.807) is 0 Å². The van der Waals surface area contributed by atoms with Gasteiger partial charge < -0.3 is 10.6 Å². The van der Waals surface area contributed by atoms with E-state index in [1.165, 1.54) is 0 Å². The second-order valence-corrected chi connectivity index (χ2v) is 4.85. The molecule has 8 nitrogen and oxygen atoms in total. The van der Waals surface area contributed by atoms with Crippen LogP contribution < -0.4 is 10.6 Å². The van der Waals surface area contributed by atoms with Gasteiger partial charge in [0.05, 0.1) is 12.2 Å². The van der Waals surface area contributed by atoms with Crippen LogP contribution in [0.5, 0.6) is 0 Å². The number of amides is 4. The van der Waals surface area contributed by atoms with Crippen molar-refractivity contribution in [1.29, 1.82) is 0 Å². The lowest BCUT2D eigenvalue weighted by Gasteiger charge is -2.16. The molecule has 20 heavy (non-hydrogen) atoms. The Morgan fingerprint density at radius 1 is 1.55 bits per heavy atom. The maximum absolute atomic E-state index is 11.8. The summed E-state index contributed by atoms with van der Waals surface area (Å²) >= 11 is 0. The molecule has 108 valence electrons. The molecule has 0 unspecified atom stereocenters. The fourth-order valence-corrected chi connectivity index (χ4v) is 2.02. The Hall–Kier alpha value is -2.38. The van der Waals surface area contributed by atoms with Crippen molar-refractivity contribution in [3.05, 3.63) is 17.5 Å². The Morgan fingerprint density at radius 2 is 2.30 bits per heavy atom. The van der Waals surface area contributed by atoms with E-state index in [0.717, 1.165) is 16.3 Å². The zero-order valence-corrected chi connectivity index (χ0v) is 11.4. The predicted octanol–water partition coefficient (Wildman–Crippen LogP) is -0.683. The van der Waals surface area contributed by atoms with E-state index >= 15 is 0 Å². The van der Waals surface area contributed by atoms with E-state index in [4.69, 9.17) is 0 Å². The number of aromatic amines is 1. The summed E-state index contributed by atoms with van der Waals surface area (Å²) in [6.07, 6.45) is 0.580. The number of aryl methyl sites for hydroxylation is 1. The molecule has 0 spiro atoms. The van der Waals surface area contributed by atoms with Gasteiger partial charge in [-0.15, -0.1) is 0 Å². The van der Waals surface area contributed by atoms with Crippen LogP contribution in [0.2, 0.25) is 0 Å². The maximum Gasteiger partial charge on any atom is 0.325 e. The summed E-state index contributed by atoms with van der Waals surface area (Å²) in [7, 11) is 0. The number of hydrogen-bond donors (Lipinski definition) is 3. The molecule has 0 saturated carbocycles. The molecule has 2 rings (SSSR count). The highest BCUT2D eigenvalue weighted by molar-refractivity contribution is 6.04. The third kappa shape index (κ3) is 3.34. The Labute approximate surface area is 115 Å². The monoisotopic (exact) mass is 279 g/mol. The molecule has 0 aliphatic carbocycles. The summed E-state index contributed by atoms with van der Waals surface area (Å²) < 4.78 is 0. The minimum atomic E-state index is -0.527. The van der Waals surface area contributed by atoms with Crippen molar-refractivity contribution in [3.63, 3.8) is 0 Å². The van der Waals surface area contributed by atoms with Gasteiger partial charge in [-0.05, 0) is 19.9 Å². The average Bonchev–Trinajstić information content (AvgIpc) is 2.89. The molecular weight excluding hydrogens is 262 g/mol. The van der Waals surface area contributed by atoms with Gasteiger partial charge >= 0.3 is 6.03 Å². The SMILES string of the molecule is Cc1cc(C[C@@H](C)NC(=O)CN2C(=O)CNC2=O)n[nH]1. The lowest BCUT2D eigenvalue weighted by molar-refractivity contribution is -0.130. The lowest BCUT2D eigenvalue weighted by atomic mass is 10.2. The van der Waals surface area contributed by atoms with Gasteiger partial charge in [0.15, 0.2) is 0 Å². The smallest absolute Gasteiger partial charge is 0.325 e. The van der Waals surface area contributed by atoms with Crippen LogP contribution in [-0.2, 0) is 16.0 Å². The number of imide groups is 1. The number of carbonyl (C=O) groups is 3. The molecule has 0 radical (unpaired) electrons. The number of carbonyl (C=O) groups excluding carboxylic acids is 3. The topological polar surface area (TPSA) is 107 Å². The maximum atomic E-state index is 11.8. The van der Waals surface area contributed by atoms with Crippen LogP contribution in [0.4, 0.5) is 4.79 Å². The van der Waals surface area contributed by atoms with Crippen LogP contribution in [-0.4, -0.2) is 52.1 Å². The molecule has 8 heteroatoms. The standard InChI is InChI=1S/C12H17N5O3/c1-7(3-9-4-8(2)15-16-9)14-10(18)6-17-11(19)5-13-12(17)20/h4,7H,3,5-6H2,1-2H3,(H,13,20)(H,14,18)(H,15,16)/t7-/m1/s1. The van der Waals surface area contributed by atoms with Crippen molar-refractivity contribution in [2.24, 2.45) is 0 Å². The third-order valence-electron chi connectivity index (χ3n) is 2.92. The Morgan fingerprint density at radius 3 is 2.85 bits per heavy atom. The van der Waals surface area contributed by atoms with Gasteiger partial charge in [-0.2, -0.15) is 5.10 Å². The number of rotatable bonds is 5. The minimum Gasteiger partial charge on any atom is -0.352 e. The predicted molar refractivity (Wildman–Crippen MR) is 69.7 cm³/mol. The summed E-state index contributed by atoms with van der Waals surface area (Å²) in [6.45, 7) is 3.44. The molecule has 4 amide bonds. The molecule has 2 heterocycles. The molecule has 1 fully saturated rings. The van der Waals surface area contributed by atoms with Crippen molar-refractivity contribution in [1.82, 2.24) is 25.7 Å². The van der Waals surface area contributed by atoms with Crippen molar-refractivity contribution in [3.8, 4) is 0 Å². The molecule has 1 saturated heterocycles. The van der Waals surface area contributed by atoms with Crippen LogP contribution in [0, 0.1) is 6.92 Å². The van der Waals surface area contributed by atoms with Crippen LogP contribution in [0.3, 0.4) is 0 Å². The Kier molecular flexibility index (Phi) is 4.02. The zero-order valence-electron chi connectivity index (χ0n) is 11.4. The first-order chi connectivity index (χ1) is 9.45.